The molecule has 0 aliphatic carbocycles. The summed E-state index contributed by atoms with van der Waals surface area (Å²) in [5.41, 5.74) is -2.61. The summed E-state index contributed by atoms with van der Waals surface area (Å²) >= 11 is 0. The third kappa shape index (κ3) is 3.85. The van der Waals surface area contributed by atoms with Crippen LogP contribution in [0.5, 0.6) is 0 Å². The number of ether oxygens (including phenoxy) is 1. The van der Waals surface area contributed by atoms with E-state index < -0.39 is 35.2 Å². The Bertz CT molecular complexity index is 668. The number of hydrogen-bond donors (Lipinski definition) is 0. The van der Waals surface area contributed by atoms with Crippen LogP contribution >= 0.6 is 0 Å². The van der Waals surface area contributed by atoms with Gasteiger partial charge < -0.3 is 4.74 Å². The molecule has 2 rings (SSSR count). The highest BCUT2D eigenvalue weighted by Crippen LogP contribution is 2.54. The first-order valence-corrected chi connectivity index (χ1v) is 7.49. The summed E-state index contributed by atoms with van der Waals surface area (Å²) in [6, 6.07) is 5.28. The number of hydrazone groups is 1. The Labute approximate surface area is 147 Å². The average molecular weight is 408 g/mol. The molecule has 1 aliphatic rings. The maximum Gasteiger partial charge on any atom is 0.460 e. The van der Waals surface area contributed by atoms with Gasteiger partial charge in [0.25, 0.3) is 0 Å². The monoisotopic (exact) mass is 408 g/mol. The van der Waals surface area contributed by atoms with Gasteiger partial charge in [-0.1, -0.05) is 30.3 Å². The zero-order chi connectivity index (χ0) is 20.5. The molecule has 1 aromatic carbocycles. The normalized spacial score (nSPS) is 18.0. The largest absolute Gasteiger partial charge is 0.460 e. The van der Waals surface area contributed by atoms with Gasteiger partial charge in [0.15, 0.2) is 0 Å². The number of hydrogen-bond acceptors (Lipinski definition) is 3. The van der Waals surface area contributed by atoms with Crippen LogP contribution in [0.4, 0.5) is 39.5 Å². The van der Waals surface area contributed by atoms with E-state index in [-0.39, 0.29) is 26.3 Å². The molecule has 0 radical (unpaired) electrons. The number of nitrogens with zero attached hydrogens (tertiary/aromatic N) is 2. The van der Waals surface area contributed by atoms with E-state index >= 15 is 0 Å². The predicted molar refractivity (Wildman–Crippen MR) is 76.3 cm³/mol. The van der Waals surface area contributed by atoms with Crippen LogP contribution in [0.3, 0.4) is 0 Å². The van der Waals surface area contributed by atoms with Crippen molar-refractivity contribution < 1.29 is 44.3 Å². The Morgan fingerprint density at radius 3 is 1.81 bits per heavy atom. The van der Waals surface area contributed by atoms with Crippen LogP contribution in [-0.4, -0.2) is 61.0 Å². The molecule has 1 aromatic rings. The van der Waals surface area contributed by atoms with E-state index in [1.165, 1.54) is 6.07 Å². The van der Waals surface area contributed by atoms with Crippen LogP contribution in [0.2, 0.25) is 0 Å². The van der Waals surface area contributed by atoms with E-state index in [1.54, 1.807) is 0 Å². The first-order valence-electron chi connectivity index (χ1n) is 7.49. The summed E-state index contributed by atoms with van der Waals surface area (Å²) < 4.78 is 125. The standard InChI is InChI=1S/C15H13F9N2O/c16-12(17,13(18,19)14(20,21)15(22,23)24)11(10-4-2-1-3-5-10)25-26-6-8-27-9-7-26/h1-5H,6-9H2/b25-11+. The SMILES string of the molecule is FC(F)(F)C(F)(F)C(F)(F)C(F)(F)/C(=N/N1CCOCC1)c1ccccc1. The van der Waals surface area contributed by atoms with Crippen LogP contribution < -0.4 is 0 Å². The molecule has 1 saturated heterocycles. The van der Waals surface area contributed by atoms with Crippen molar-refractivity contribution in [1.29, 1.82) is 0 Å². The molecule has 0 N–H and O–H groups in total. The first kappa shape index (κ1) is 21.3. The Kier molecular flexibility index (Phi) is 5.69. The molecule has 3 nitrogen and oxygen atoms in total. The minimum Gasteiger partial charge on any atom is -0.378 e. The van der Waals surface area contributed by atoms with Gasteiger partial charge in [-0.3, -0.25) is 5.01 Å². The highest BCUT2D eigenvalue weighted by molar-refractivity contribution is 6.06. The van der Waals surface area contributed by atoms with E-state index in [1.807, 2.05) is 0 Å². The van der Waals surface area contributed by atoms with Crippen molar-refractivity contribution in [2.45, 2.75) is 23.9 Å². The second-order valence-electron chi connectivity index (χ2n) is 5.60. The number of halogens is 9. The van der Waals surface area contributed by atoms with Gasteiger partial charge in [-0.15, -0.1) is 0 Å². The van der Waals surface area contributed by atoms with E-state index in [0.717, 1.165) is 29.3 Å². The fourth-order valence-corrected chi connectivity index (χ4v) is 2.22. The van der Waals surface area contributed by atoms with Gasteiger partial charge in [0.1, 0.15) is 5.71 Å². The quantitative estimate of drug-likeness (QED) is 0.539. The lowest BCUT2D eigenvalue weighted by molar-refractivity contribution is -0.384. The summed E-state index contributed by atoms with van der Waals surface area (Å²) in [5.74, 6) is -19.7. The van der Waals surface area contributed by atoms with Crippen molar-refractivity contribution >= 4 is 5.71 Å². The van der Waals surface area contributed by atoms with Crippen molar-refractivity contribution in [3.8, 4) is 0 Å². The van der Waals surface area contributed by atoms with Crippen LogP contribution in [0.15, 0.2) is 35.4 Å². The average Bonchev–Trinajstić information content (AvgIpc) is 2.60. The topological polar surface area (TPSA) is 24.8 Å². The molecule has 0 aromatic heterocycles. The van der Waals surface area contributed by atoms with Crippen molar-refractivity contribution in [3.05, 3.63) is 35.9 Å². The fourth-order valence-electron chi connectivity index (χ4n) is 2.22. The first-order chi connectivity index (χ1) is 12.3. The van der Waals surface area contributed by atoms with Crippen molar-refractivity contribution in [2.24, 2.45) is 5.10 Å². The zero-order valence-electron chi connectivity index (χ0n) is 13.4. The maximum absolute atomic E-state index is 14.4. The summed E-state index contributed by atoms with van der Waals surface area (Å²) in [5, 5.41) is 4.13. The molecule has 0 amide bonds. The second kappa shape index (κ2) is 7.21. The summed E-state index contributed by atoms with van der Waals surface area (Å²) in [6.07, 6.45) is -6.89. The van der Waals surface area contributed by atoms with Crippen LogP contribution in [-0.2, 0) is 4.74 Å². The highest BCUT2D eigenvalue weighted by atomic mass is 19.4. The molecule has 27 heavy (non-hydrogen) atoms. The van der Waals surface area contributed by atoms with Gasteiger partial charge >= 0.3 is 23.9 Å². The molecule has 1 heterocycles. The summed E-state index contributed by atoms with van der Waals surface area (Å²) in [6.45, 7) is -0.278. The minimum atomic E-state index is -6.98. The lowest BCUT2D eigenvalue weighted by Crippen LogP contribution is -2.63. The number of morpholine rings is 1. The predicted octanol–water partition coefficient (Wildman–Crippen LogP) is 4.19. The molecule has 12 heteroatoms. The second-order valence-corrected chi connectivity index (χ2v) is 5.60. The maximum atomic E-state index is 14.4. The van der Waals surface area contributed by atoms with E-state index in [9.17, 15) is 39.5 Å². The summed E-state index contributed by atoms with van der Waals surface area (Å²) in [7, 11) is 0. The van der Waals surface area contributed by atoms with Crippen LogP contribution in [0.25, 0.3) is 0 Å². The molecule has 0 saturated carbocycles. The fraction of sp³-hybridized carbons (Fsp3) is 0.533. The Balaban J connectivity index is 2.57. The third-order valence-electron chi connectivity index (χ3n) is 3.72. The minimum absolute atomic E-state index is 0.00769. The van der Waals surface area contributed by atoms with Gasteiger partial charge in [-0.25, -0.2) is 0 Å². The summed E-state index contributed by atoms with van der Waals surface area (Å²) in [4.78, 5) is 0. The smallest absolute Gasteiger partial charge is 0.378 e. The van der Waals surface area contributed by atoms with Crippen LogP contribution in [0.1, 0.15) is 5.56 Å². The molecule has 0 unspecified atom stereocenters. The highest BCUT2D eigenvalue weighted by Gasteiger charge is 2.83. The van der Waals surface area contributed by atoms with Gasteiger partial charge in [-0.05, 0) is 0 Å². The van der Waals surface area contributed by atoms with Gasteiger partial charge in [0.05, 0.1) is 26.3 Å². The molecule has 0 spiro atoms. The Hall–Kier alpha value is -1.98. The molecule has 1 fully saturated rings. The van der Waals surface area contributed by atoms with Crippen molar-refractivity contribution in [2.75, 3.05) is 26.3 Å². The Morgan fingerprint density at radius 2 is 1.33 bits per heavy atom. The van der Waals surface area contributed by atoms with E-state index in [4.69, 9.17) is 4.74 Å². The van der Waals surface area contributed by atoms with Gasteiger partial charge in [-0.2, -0.15) is 44.6 Å². The molecular weight excluding hydrogens is 395 g/mol. The number of benzene rings is 1. The van der Waals surface area contributed by atoms with Gasteiger partial charge in [0, 0.05) is 5.56 Å². The molecular formula is C15H13F9N2O. The molecule has 0 atom stereocenters. The number of rotatable bonds is 5. The molecule has 152 valence electrons. The lowest BCUT2D eigenvalue weighted by Gasteiger charge is -2.35. The van der Waals surface area contributed by atoms with E-state index in [0.29, 0.717) is 0 Å². The third-order valence-corrected chi connectivity index (χ3v) is 3.72. The molecule has 1 aliphatic heterocycles. The Morgan fingerprint density at radius 1 is 0.815 bits per heavy atom. The van der Waals surface area contributed by atoms with Crippen molar-refractivity contribution in [3.63, 3.8) is 0 Å². The van der Waals surface area contributed by atoms with Gasteiger partial charge in [0.2, 0.25) is 0 Å². The van der Waals surface area contributed by atoms with Crippen molar-refractivity contribution in [1.82, 2.24) is 5.01 Å². The number of alkyl halides is 9. The van der Waals surface area contributed by atoms with Crippen LogP contribution in [0, 0.1) is 0 Å². The molecule has 0 bridgehead atoms. The lowest BCUT2D eigenvalue weighted by atomic mass is 9.95. The zero-order valence-corrected chi connectivity index (χ0v) is 13.4. The van der Waals surface area contributed by atoms with E-state index in [2.05, 4.69) is 5.10 Å².